The van der Waals surface area contributed by atoms with Gasteiger partial charge in [0.1, 0.15) is 0 Å². The van der Waals surface area contributed by atoms with Crippen LogP contribution < -0.4 is 0 Å². The van der Waals surface area contributed by atoms with Gasteiger partial charge in [-0.05, 0) is 50.0 Å². The minimum absolute atomic E-state index is 0.240. The van der Waals surface area contributed by atoms with Crippen molar-refractivity contribution in [2.45, 2.75) is 25.4 Å². The van der Waals surface area contributed by atoms with Gasteiger partial charge in [-0.1, -0.05) is 28.1 Å². The molecule has 0 aromatic heterocycles. The second-order valence-corrected chi connectivity index (χ2v) is 5.95. The van der Waals surface area contributed by atoms with Crippen LogP contribution in [-0.4, -0.2) is 30.7 Å². The van der Waals surface area contributed by atoms with E-state index in [2.05, 4.69) is 20.8 Å². The number of hydrogen-bond donors (Lipinski definition) is 0. The number of likely N-dealkylation sites (tertiary alicyclic amines) is 1. The fraction of sp³-hybridized carbons (Fsp3) is 0.571. The van der Waals surface area contributed by atoms with Gasteiger partial charge in [0.15, 0.2) is 0 Å². The molecule has 0 unspecified atom stereocenters. The van der Waals surface area contributed by atoms with Crippen molar-refractivity contribution in [3.05, 3.63) is 34.3 Å². The van der Waals surface area contributed by atoms with E-state index in [1.54, 1.807) is 0 Å². The molecule has 0 aliphatic carbocycles. The van der Waals surface area contributed by atoms with Gasteiger partial charge in [-0.2, -0.15) is 13.2 Å². The average molecular weight is 336 g/mol. The lowest BCUT2D eigenvalue weighted by Gasteiger charge is -2.32. The third-order valence-electron chi connectivity index (χ3n) is 3.68. The molecule has 1 nitrogen and oxygen atoms in total. The smallest absolute Gasteiger partial charge is 0.303 e. The molecule has 1 heterocycles. The van der Waals surface area contributed by atoms with Crippen LogP contribution in [0.15, 0.2) is 28.7 Å². The van der Waals surface area contributed by atoms with Crippen molar-refractivity contribution in [1.82, 2.24) is 4.90 Å². The summed E-state index contributed by atoms with van der Waals surface area (Å²) in [5.41, 5.74) is 1.22. The zero-order valence-electron chi connectivity index (χ0n) is 10.6. The van der Waals surface area contributed by atoms with Gasteiger partial charge in [0, 0.05) is 11.0 Å². The minimum Gasteiger partial charge on any atom is -0.303 e. The van der Waals surface area contributed by atoms with Crippen molar-refractivity contribution in [2.24, 2.45) is 5.92 Å². The predicted molar refractivity (Wildman–Crippen MR) is 73.1 cm³/mol. The van der Waals surface area contributed by atoms with Crippen LogP contribution in [-0.2, 0) is 6.42 Å². The minimum atomic E-state index is -4.02. The summed E-state index contributed by atoms with van der Waals surface area (Å²) in [4.78, 5) is 2.13. The second-order valence-electron chi connectivity index (χ2n) is 5.03. The van der Waals surface area contributed by atoms with Gasteiger partial charge >= 0.3 is 6.18 Å². The van der Waals surface area contributed by atoms with E-state index in [9.17, 15) is 13.2 Å². The number of nitrogens with zero attached hydrogens (tertiary/aromatic N) is 1. The molecule has 106 valence electrons. The first-order valence-electron chi connectivity index (χ1n) is 6.48. The van der Waals surface area contributed by atoms with Crippen LogP contribution >= 0.6 is 15.9 Å². The molecular formula is C14H17BrF3N. The van der Waals surface area contributed by atoms with E-state index in [0.29, 0.717) is 13.1 Å². The number of hydrogen-bond acceptors (Lipinski definition) is 1. The van der Waals surface area contributed by atoms with Crippen LogP contribution in [0.3, 0.4) is 0 Å². The Balaban J connectivity index is 1.75. The number of alkyl halides is 3. The van der Waals surface area contributed by atoms with E-state index >= 15 is 0 Å². The molecule has 0 saturated carbocycles. The van der Waals surface area contributed by atoms with Gasteiger partial charge < -0.3 is 4.90 Å². The monoisotopic (exact) mass is 335 g/mol. The molecule has 0 radical (unpaired) electrons. The summed E-state index contributed by atoms with van der Waals surface area (Å²) in [7, 11) is 0. The number of halogens is 4. The molecule has 1 aromatic rings. The zero-order chi connectivity index (χ0) is 13.9. The van der Waals surface area contributed by atoms with Gasteiger partial charge in [-0.25, -0.2) is 0 Å². The van der Waals surface area contributed by atoms with Crippen molar-refractivity contribution in [2.75, 3.05) is 19.6 Å². The molecule has 0 bridgehead atoms. The van der Waals surface area contributed by atoms with Crippen molar-refractivity contribution in [1.29, 1.82) is 0 Å². The highest BCUT2D eigenvalue weighted by molar-refractivity contribution is 9.10. The highest BCUT2D eigenvalue weighted by atomic mass is 79.9. The van der Waals surface area contributed by atoms with Gasteiger partial charge in [0.2, 0.25) is 0 Å². The van der Waals surface area contributed by atoms with Gasteiger partial charge in [0.05, 0.1) is 5.92 Å². The average Bonchev–Trinajstić information content (AvgIpc) is 2.37. The summed E-state index contributed by atoms with van der Waals surface area (Å²) < 4.78 is 38.6. The lowest BCUT2D eigenvalue weighted by Crippen LogP contribution is -2.39. The van der Waals surface area contributed by atoms with E-state index in [0.717, 1.165) is 17.4 Å². The predicted octanol–water partition coefficient (Wildman–Crippen LogP) is 4.27. The third-order valence-corrected chi connectivity index (χ3v) is 4.21. The Morgan fingerprint density at radius 3 is 2.21 bits per heavy atom. The fourth-order valence-electron chi connectivity index (χ4n) is 2.42. The maximum absolute atomic E-state index is 12.5. The first kappa shape index (κ1) is 14.9. The molecule has 0 amide bonds. The SMILES string of the molecule is FC(F)(F)C1CCN(CCc2ccc(Br)cc2)CC1. The fourth-order valence-corrected chi connectivity index (χ4v) is 2.69. The van der Waals surface area contributed by atoms with E-state index in [-0.39, 0.29) is 12.8 Å². The van der Waals surface area contributed by atoms with Crippen LogP contribution in [0, 0.1) is 5.92 Å². The Bertz CT molecular complexity index is 394. The first-order chi connectivity index (χ1) is 8.95. The van der Waals surface area contributed by atoms with E-state index in [1.165, 1.54) is 5.56 Å². The maximum atomic E-state index is 12.5. The Kier molecular flexibility index (Phi) is 4.90. The largest absolute Gasteiger partial charge is 0.391 e. The van der Waals surface area contributed by atoms with Gasteiger partial charge in [0.25, 0.3) is 0 Å². The van der Waals surface area contributed by atoms with E-state index in [1.807, 2.05) is 24.3 Å². The summed E-state index contributed by atoms with van der Waals surface area (Å²) in [6.45, 7) is 1.95. The zero-order valence-corrected chi connectivity index (χ0v) is 12.2. The van der Waals surface area contributed by atoms with Crippen molar-refractivity contribution < 1.29 is 13.2 Å². The topological polar surface area (TPSA) is 3.24 Å². The normalized spacial score (nSPS) is 18.7. The van der Waals surface area contributed by atoms with Crippen LogP contribution in [0.25, 0.3) is 0 Å². The Morgan fingerprint density at radius 2 is 1.68 bits per heavy atom. The molecule has 1 aliphatic rings. The summed E-state index contributed by atoms with van der Waals surface area (Å²) in [6.07, 6.45) is -2.64. The molecule has 5 heteroatoms. The number of rotatable bonds is 3. The van der Waals surface area contributed by atoms with Crippen molar-refractivity contribution in [3.8, 4) is 0 Å². The maximum Gasteiger partial charge on any atom is 0.391 e. The molecule has 0 atom stereocenters. The highest BCUT2D eigenvalue weighted by Crippen LogP contribution is 2.34. The first-order valence-corrected chi connectivity index (χ1v) is 7.28. The Hall–Kier alpha value is -0.550. The standard InChI is InChI=1S/C14H17BrF3N/c15-13-3-1-11(2-4-13)5-8-19-9-6-12(7-10-19)14(16,17)18/h1-4,12H,5-10H2. The highest BCUT2D eigenvalue weighted by Gasteiger charge is 2.40. The third kappa shape index (κ3) is 4.49. The van der Waals surface area contributed by atoms with Gasteiger partial charge in [-0.15, -0.1) is 0 Å². The Morgan fingerprint density at radius 1 is 1.11 bits per heavy atom. The molecule has 1 aliphatic heterocycles. The van der Waals surface area contributed by atoms with Crippen molar-refractivity contribution >= 4 is 15.9 Å². The van der Waals surface area contributed by atoms with Crippen molar-refractivity contribution in [3.63, 3.8) is 0 Å². The van der Waals surface area contributed by atoms with Crippen LogP contribution in [0.1, 0.15) is 18.4 Å². The van der Waals surface area contributed by atoms with Crippen LogP contribution in [0.5, 0.6) is 0 Å². The summed E-state index contributed by atoms with van der Waals surface area (Å²) in [5, 5.41) is 0. The molecule has 0 N–H and O–H groups in total. The van der Waals surface area contributed by atoms with E-state index in [4.69, 9.17) is 0 Å². The lowest BCUT2D eigenvalue weighted by atomic mass is 9.96. The lowest BCUT2D eigenvalue weighted by molar-refractivity contribution is -0.185. The van der Waals surface area contributed by atoms with Crippen LogP contribution in [0.4, 0.5) is 13.2 Å². The molecular weight excluding hydrogens is 319 g/mol. The summed E-state index contributed by atoms with van der Waals surface area (Å²) in [6, 6.07) is 8.08. The number of piperidine rings is 1. The van der Waals surface area contributed by atoms with Gasteiger partial charge in [-0.3, -0.25) is 0 Å². The van der Waals surface area contributed by atoms with Crippen LogP contribution in [0.2, 0.25) is 0 Å². The quantitative estimate of drug-likeness (QED) is 0.797. The molecule has 1 saturated heterocycles. The Labute approximate surface area is 119 Å². The molecule has 2 rings (SSSR count). The van der Waals surface area contributed by atoms with E-state index < -0.39 is 12.1 Å². The molecule has 1 fully saturated rings. The summed E-state index contributed by atoms with van der Waals surface area (Å²) in [5.74, 6) is -1.10. The molecule has 1 aromatic carbocycles. The summed E-state index contributed by atoms with van der Waals surface area (Å²) >= 11 is 3.38. The molecule has 0 spiro atoms. The molecule has 19 heavy (non-hydrogen) atoms. The second kappa shape index (κ2) is 6.27. The number of benzene rings is 1.